The lowest BCUT2D eigenvalue weighted by Crippen LogP contribution is -2.46. The molecule has 1 aliphatic carbocycles. The third-order valence-electron chi connectivity index (χ3n) is 4.21. The van der Waals surface area contributed by atoms with E-state index in [0.29, 0.717) is 25.5 Å². The largest absolute Gasteiger partial charge is 0.367 e. The predicted molar refractivity (Wildman–Crippen MR) is 78.2 cm³/mol. The maximum absolute atomic E-state index is 12.7. The second-order valence-electron chi connectivity index (χ2n) is 5.73. The summed E-state index contributed by atoms with van der Waals surface area (Å²) in [6.45, 7) is 3.04. The van der Waals surface area contributed by atoms with Gasteiger partial charge in [0, 0.05) is 25.0 Å². The lowest BCUT2D eigenvalue weighted by atomic mass is 10.3. The molecule has 1 aromatic heterocycles. The van der Waals surface area contributed by atoms with E-state index < -0.39 is 10.0 Å². The van der Waals surface area contributed by atoms with E-state index in [2.05, 4.69) is 9.97 Å². The van der Waals surface area contributed by atoms with Crippen LogP contribution in [-0.2, 0) is 14.8 Å². The topological polar surface area (TPSA) is 72.4 Å². The summed E-state index contributed by atoms with van der Waals surface area (Å²) in [5.74, 6) is 0.571. The second kappa shape index (κ2) is 5.98. The van der Waals surface area contributed by atoms with Crippen LogP contribution in [0.25, 0.3) is 0 Å². The number of hydrogen-bond acceptors (Lipinski definition) is 5. The Labute approximate surface area is 125 Å². The van der Waals surface area contributed by atoms with Crippen LogP contribution in [0.4, 0.5) is 0 Å². The van der Waals surface area contributed by atoms with Gasteiger partial charge >= 0.3 is 0 Å². The van der Waals surface area contributed by atoms with Crippen molar-refractivity contribution in [1.82, 2.24) is 14.3 Å². The van der Waals surface area contributed by atoms with Crippen molar-refractivity contribution in [3.05, 3.63) is 23.8 Å². The molecule has 2 fully saturated rings. The van der Waals surface area contributed by atoms with E-state index in [1.807, 2.05) is 13.0 Å². The van der Waals surface area contributed by atoms with Gasteiger partial charge in [-0.3, -0.25) is 0 Å². The molecule has 21 heavy (non-hydrogen) atoms. The second-order valence-corrected chi connectivity index (χ2v) is 7.94. The standard InChI is InChI=1S/C14H21N3O3S/c1-11-6-7-15-14(16-11)13-10-17(8-9-20-13)21(18,19)12-4-2-3-5-12/h6-7,12-13H,2-5,8-10H2,1H3/t13-/m1/s1. The number of aromatic nitrogens is 2. The van der Waals surface area contributed by atoms with E-state index in [1.54, 1.807) is 10.5 Å². The van der Waals surface area contributed by atoms with Gasteiger partial charge in [0.15, 0.2) is 5.82 Å². The van der Waals surface area contributed by atoms with Gasteiger partial charge in [-0.05, 0) is 25.8 Å². The molecule has 2 heterocycles. The Kier molecular flexibility index (Phi) is 4.24. The third kappa shape index (κ3) is 3.09. The summed E-state index contributed by atoms with van der Waals surface area (Å²) in [4.78, 5) is 8.57. The normalized spacial score (nSPS) is 25.3. The summed E-state index contributed by atoms with van der Waals surface area (Å²) in [5, 5.41) is -0.213. The maximum atomic E-state index is 12.7. The minimum atomic E-state index is -3.22. The van der Waals surface area contributed by atoms with Crippen LogP contribution in [0.1, 0.15) is 43.3 Å². The van der Waals surface area contributed by atoms with Gasteiger partial charge in [0.25, 0.3) is 0 Å². The van der Waals surface area contributed by atoms with Gasteiger partial charge in [-0.2, -0.15) is 4.31 Å². The van der Waals surface area contributed by atoms with Crippen LogP contribution in [0.5, 0.6) is 0 Å². The smallest absolute Gasteiger partial charge is 0.217 e. The molecule has 116 valence electrons. The number of aryl methyl sites for hydroxylation is 1. The van der Waals surface area contributed by atoms with Crippen LogP contribution in [0.2, 0.25) is 0 Å². The SMILES string of the molecule is Cc1ccnc([C@H]2CN(S(=O)(=O)C3CCCC3)CCO2)n1. The first-order valence-electron chi connectivity index (χ1n) is 7.47. The number of nitrogens with zero attached hydrogens (tertiary/aromatic N) is 3. The van der Waals surface area contributed by atoms with Crippen molar-refractivity contribution in [3.8, 4) is 0 Å². The highest BCUT2D eigenvalue weighted by molar-refractivity contribution is 7.89. The van der Waals surface area contributed by atoms with Gasteiger partial charge < -0.3 is 4.74 Å². The highest BCUT2D eigenvalue weighted by Crippen LogP contribution is 2.30. The van der Waals surface area contributed by atoms with E-state index in [-0.39, 0.29) is 11.4 Å². The predicted octanol–water partition coefficient (Wildman–Crippen LogP) is 1.43. The molecule has 0 spiro atoms. The molecule has 1 saturated heterocycles. The number of rotatable bonds is 3. The van der Waals surface area contributed by atoms with Crippen LogP contribution in [0, 0.1) is 6.92 Å². The number of hydrogen-bond donors (Lipinski definition) is 0. The summed E-state index contributed by atoms with van der Waals surface area (Å²) in [5.41, 5.74) is 0.861. The average Bonchev–Trinajstić information content (AvgIpc) is 3.02. The molecule has 0 aromatic carbocycles. The minimum absolute atomic E-state index is 0.213. The Morgan fingerprint density at radius 1 is 1.33 bits per heavy atom. The first-order chi connectivity index (χ1) is 10.1. The number of sulfonamides is 1. The van der Waals surface area contributed by atoms with Gasteiger partial charge in [-0.25, -0.2) is 18.4 Å². The van der Waals surface area contributed by atoms with Crippen molar-refractivity contribution in [1.29, 1.82) is 0 Å². The number of ether oxygens (including phenoxy) is 1. The van der Waals surface area contributed by atoms with Crippen molar-refractivity contribution in [3.63, 3.8) is 0 Å². The Hall–Kier alpha value is -1.05. The molecular weight excluding hydrogens is 290 g/mol. The van der Waals surface area contributed by atoms with Crippen LogP contribution in [0.3, 0.4) is 0 Å². The van der Waals surface area contributed by atoms with E-state index in [1.165, 1.54) is 0 Å². The van der Waals surface area contributed by atoms with E-state index in [4.69, 9.17) is 4.74 Å². The fraction of sp³-hybridized carbons (Fsp3) is 0.714. The summed E-state index contributed by atoms with van der Waals surface area (Å²) in [7, 11) is -3.22. The summed E-state index contributed by atoms with van der Waals surface area (Å²) in [6.07, 6.45) is 4.91. The molecule has 0 unspecified atom stereocenters. The Morgan fingerprint density at radius 3 is 2.81 bits per heavy atom. The van der Waals surface area contributed by atoms with Crippen LogP contribution < -0.4 is 0 Å². The average molecular weight is 311 g/mol. The van der Waals surface area contributed by atoms with Gasteiger partial charge in [0.05, 0.1) is 11.9 Å². The molecule has 6 nitrogen and oxygen atoms in total. The fourth-order valence-corrected chi connectivity index (χ4v) is 5.06. The number of morpholine rings is 1. The molecule has 7 heteroatoms. The third-order valence-corrected chi connectivity index (χ3v) is 6.58. The Bertz CT molecular complexity index is 599. The summed E-state index contributed by atoms with van der Waals surface area (Å²) >= 11 is 0. The molecule has 3 rings (SSSR count). The fourth-order valence-electron chi connectivity index (χ4n) is 3.03. The molecule has 0 amide bonds. The van der Waals surface area contributed by atoms with Crippen LogP contribution >= 0.6 is 0 Å². The van der Waals surface area contributed by atoms with E-state index in [9.17, 15) is 8.42 Å². The Morgan fingerprint density at radius 2 is 2.10 bits per heavy atom. The van der Waals surface area contributed by atoms with Crippen LogP contribution in [-0.4, -0.2) is 47.6 Å². The zero-order chi connectivity index (χ0) is 14.9. The molecule has 1 saturated carbocycles. The van der Waals surface area contributed by atoms with Crippen molar-refractivity contribution < 1.29 is 13.2 Å². The van der Waals surface area contributed by atoms with Gasteiger partial charge in [0.1, 0.15) is 6.10 Å². The van der Waals surface area contributed by atoms with Gasteiger partial charge in [-0.15, -0.1) is 0 Å². The minimum Gasteiger partial charge on any atom is -0.367 e. The van der Waals surface area contributed by atoms with Crippen molar-refractivity contribution >= 4 is 10.0 Å². The van der Waals surface area contributed by atoms with E-state index in [0.717, 1.165) is 31.4 Å². The Balaban J connectivity index is 1.76. The zero-order valence-corrected chi connectivity index (χ0v) is 13.1. The highest BCUT2D eigenvalue weighted by atomic mass is 32.2. The molecule has 0 radical (unpaired) electrons. The molecule has 1 atom stereocenters. The van der Waals surface area contributed by atoms with Gasteiger partial charge in [0.2, 0.25) is 10.0 Å². The monoisotopic (exact) mass is 311 g/mol. The molecule has 1 aliphatic heterocycles. The molecule has 0 bridgehead atoms. The maximum Gasteiger partial charge on any atom is 0.217 e. The molecule has 0 N–H and O–H groups in total. The zero-order valence-electron chi connectivity index (χ0n) is 12.2. The quantitative estimate of drug-likeness (QED) is 0.844. The first kappa shape index (κ1) is 14.9. The van der Waals surface area contributed by atoms with Crippen molar-refractivity contribution in [2.75, 3.05) is 19.7 Å². The first-order valence-corrected chi connectivity index (χ1v) is 8.98. The summed E-state index contributed by atoms with van der Waals surface area (Å²) in [6, 6.07) is 1.82. The van der Waals surface area contributed by atoms with Crippen molar-refractivity contribution in [2.45, 2.75) is 44.0 Å². The molecule has 1 aromatic rings. The van der Waals surface area contributed by atoms with Crippen LogP contribution in [0.15, 0.2) is 12.3 Å². The van der Waals surface area contributed by atoms with Gasteiger partial charge in [-0.1, -0.05) is 12.8 Å². The highest BCUT2D eigenvalue weighted by Gasteiger charge is 2.37. The molecule has 2 aliphatic rings. The van der Waals surface area contributed by atoms with Crippen molar-refractivity contribution in [2.24, 2.45) is 0 Å². The summed E-state index contributed by atoms with van der Waals surface area (Å²) < 4.78 is 32.6. The molecular formula is C14H21N3O3S. The lowest BCUT2D eigenvalue weighted by Gasteiger charge is -2.33. The van der Waals surface area contributed by atoms with E-state index >= 15 is 0 Å². The lowest BCUT2D eigenvalue weighted by molar-refractivity contribution is -0.00788.